The fraction of sp³-hybridized carbons (Fsp3) is 0.250. The number of nitrogen functional groups attached to an aromatic ring is 1. The number of halogens is 1. The standard InChI is InChI=1S/C16H19ClN2/c1-3-19(16-7-5-4-6-12(16)2)11-13-10-14(18)8-9-15(13)17/h4-10H,3,11,18H2,1-2H3. The largest absolute Gasteiger partial charge is 0.399 e. The minimum absolute atomic E-state index is 0.750. The van der Waals surface area contributed by atoms with Crippen molar-refractivity contribution < 1.29 is 0 Å². The van der Waals surface area contributed by atoms with Gasteiger partial charge in [0.1, 0.15) is 0 Å². The molecule has 0 spiro atoms. The van der Waals surface area contributed by atoms with Crippen LogP contribution in [0.5, 0.6) is 0 Å². The van der Waals surface area contributed by atoms with E-state index in [9.17, 15) is 0 Å². The lowest BCUT2D eigenvalue weighted by Gasteiger charge is -2.25. The Balaban J connectivity index is 2.29. The Kier molecular flexibility index (Phi) is 4.33. The molecule has 0 atom stereocenters. The molecular weight excluding hydrogens is 256 g/mol. The second-order valence-electron chi connectivity index (χ2n) is 4.65. The van der Waals surface area contributed by atoms with Crippen molar-refractivity contribution in [3.63, 3.8) is 0 Å². The van der Waals surface area contributed by atoms with Crippen molar-refractivity contribution in [3.05, 3.63) is 58.6 Å². The third-order valence-electron chi connectivity index (χ3n) is 3.27. The molecule has 2 aromatic carbocycles. The molecule has 0 saturated carbocycles. The second-order valence-corrected chi connectivity index (χ2v) is 5.06. The van der Waals surface area contributed by atoms with Gasteiger partial charge in [0.25, 0.3) is 0 Å². The van der Waals surface area contributed by atoms with Gasteiger partial charge >= 0.3 is 0 Å². The molecule has 0 radical (unpaired) electrons. The monoisotopic (exact) mass is 274 g/mol. The van der Waals surface area contributed by atoms with Gasteiger partial charge < -0.3 is 10.6 Å². The van der Waals surface area contributed by atoms with Gasteiger partial charge in [-0.2, -0.15) is 0 Å². The number of para-hydroxylation sites is 1. The lowest BCUT2D eigenvalue weighted by atomic mass is 10.1. The molecule has 0 aliphatic rings. The molecule has 2 nitrogen and oxygen atoms in total. The van der Waals surface area contributed by atoms with Crippen LogP contribution in [0.2, 0.25) is 5.02 Å². The topological polar surface area (TPSA) is 29.3 Å². The highest BCUT2D eigenvalue weighted by molar-refractivity contribution is 6.31. The number of nitrogens with two attached hydrogens (primary N) is 1. The fourth-order valence-corrected chi connectivity index (χ4v) is 2.38. The molecule has 2 rings (SSSR count). The minimum Gasteiger partial charge on any atom is -0.399 e. The normalized spacial score (nSPS) is 10.5. The van der Waals surface area contributed by atoms with Crippen molar-refractivity contribution in [2.75, 3.05) is 17.2 Å². The lowest BCUT2D eigenvalue weighted by molar-refractivity contribution is 0.828. The first-order chi connectivity index (χ1) is 9.11. The van der Waals surface area contributed by atoms with Crippen molar-refractivity contribution >= 4 is 23.0 Å². The van der Waals surface area contributed by atoms with E-state index in [4.69, 9.17) is 17.3 Å². The van der Waals surface area contributed by atoms with Gasteiger partial charge in [-0.25, -0.2) is 0 Å². The maximum atomic E-state index is 6.24. The third-order valence-corrected chi connectivity index (χ3v) is 3.64. The van der Waals surface area contributed by atoms with Crippen molar-refractivity contribution in [2.45, 2.75) is 20.4 Å². The first-order valence-electron chi connectivity index (χ1n) is 6.46. The summed E-state index contributed by atoms with van der Waals surface area (Å²) in [6.45, 7) is 5.97. The number of nitrogens with zero attached hydrogens (tertiary/aromatic N) is 1. The maximum Gasteiger partial charge on any atom is 0.0457 e. The molecule has 100 valence electrons. The van der Waals surface area contributed by atoms with Crippen molar-refractivity contribution in [3.8, 4) is 0 Å². The van der Waals surface area contributed by atoms with E-state index in [1.807, 2.05) is 18.2 Å². The summed E-state index contributed by atoms with van der Waals surface area (Å²) in [6, 6.07) is 14.0. The van der Waals surface area contributed by atoms with Crippen LogP contribution in [-0.2, 0) is 6.54 Å². The molecule has 3 heteroatoms. The van der Waals surface area contributed by atoms with Crippen LogP contribution in [0.3, 0.4) is 0 Å². The van der Waals surface area contributed by atoms with E-state index in [1.54, 1.807) is 0 Å². The van der Waals surface area contributed by atoms with Gasteiger partial charge in [0.05, 0.1) is 0 Å². The van der Waals surface area contributed by atoms with Crippen LogP contribution in [0.25, 0.3) is 0 Å². The molecular formula is C16H19ClN2. The molecule has 0 fully saturated rings. The van der Waals surface area contributed by atoms with Crippen molar-refractivity contribution in [2.24, 2.45) is 0 Å². The van der Waals surface area contributed by atoms with E-state index < -0.39 is 0 Å². The number of aryl methyl sites for hydroxylation is 1. The predicted molar refractivity (Wildman–Crippen MR) is 83.8 cm³/mol. The van der Waals surface area contributed by atoms with Crippen LogP contribution in [-0.4, -0.2) is 6.54 Å². The molecule has 0 heterocycles. The van der Waals surface area contributed by atoms with E-state index in [1.165, 1.54) is 11.3 Å². The highest BCUT2D eigenvalue weighted by atomic mass is 35.5. The van der Waals surface area contributed by atoms with E-state index in [-0.39, 0.29) is 0 Å². The van der Waals surface area contributed by atoms with Gasteiger partial charge in [0.2, 0.25) is 0 Å². The molecule has 0 amide bonds. The Morgan fingerprint density at radius 1 is 1.16 bits per heavy atom. The van der Waals surface area contributed by atoms with Crippen molar-refractivity contribution in [1.82, 2.24) is 0 Å². The first-order valence-corrected chi connectivity index (χ1v) is 6.84. The smallest absolute Gasteiger partial charge is 0.0457 e. The quantitative estimate of drug-likeness (QED) is 0.844. The van der Waals surface area contributed by atoms with E-state index in [0.29, 0.717) is 0 Å². The number of rotatable bonds is 4. The third kappa shape index (κ3) is 3.21. The van der Waals surface area contributed by atoms with E-state index in [0.717, 1.165) is 29.4 Å². The van der Waals surface area contributed by atoms with Crippen LogP contribution < -0.4 is 10.6 Å². The molecule has 0 aliphatic heterocycles. The molecule has 2 aromatic rings. The molecule has 2 N–H and O–H groups in total. The Morgan fingerprint density at radius 3 is 2.58 bits per heavy atom. The summed E-state index contributed by atoms with van der Waals surface area (Å²) in [7, 11) is 0. The number of hydrogen-bond acceptors (Lipinski definition) is 2. The zero-order valence-corrected chi connectivity index (χ0v) is 12.1. The van der Waals surface area contributed by atoms with E-state index >= 15 is 0 Å². The summed E-state index contributed by atoms with van der Waals surface area (Å²) >= 11 is 6.24. The summed E-state index contributed by atoms with van der Waals surface area (Å²) in [5.41, 5.74) is 10.2. The number of anilines is 2. The van der Waals surface area contributed by atoms with Crippen LogP contribution in [0.15, 0.2) is 42.5 Å². The van der Waals surface area contributed by atoms with Crippen LogP contribution in [0, 0.1) is 6.92 Å². The summed E-state index contributed by atoms with van der Waals surface area (Å²) in [5, 5.41) is 0.765. The summed E-state index contributed by atoms with van der Waals surface area (Å²) in [6.07, 6.45) is 0. The second kappa shape index (κ2) is 5.98. The van der Waals surface area contributed by atoms with Gasteiger partial charge in [-0.05, 0) is 49.2 Å². The fourth-order valence-electron chi connectivity index (χ4n) is 2.21. The zero-order chi connectivity index (χ0) is 13.8. The Labute approximate surface area is 119 Å². The zero-order valence-electron chi connectivity index (χ0n) is 11.4. The van der Waals surface area contributed by atoms with E-state index in [2.05, 4.69) is 43.0 Å². The summed E-state index contributed by atoms with van der Waals surface area (Å²) in [5.74, 6) is 0. The molecule has 0 aromatic heterocycles. The minimum atomic E-state index is 0.750. The average molecular weight is 275 g/mol. The Morgan fingerprint density at radius 2 is 1.89 bits per heavy atom. The van der Waals surface area contributed by atoms with Crippen LogP contribution in [0.4, 0.5) is 11.4 Å². The summed E-state index contributed by atoms with van der Waals surface area (Å²) < 4.78 is 0. The molecule has 19 heavy (non-hydrogen) atoms. The van der Waals surface area contributed by atoms with Gasteiger partial charge in [-0.15, -0.1) is 0 Å². The van der Waals surface area contributed by atoms with Gasteiger partial charge in [0, 0.05) is 29.5 Å². The van der Waals surface area contributed by atoms with Crippen LogP contribution in [0.1, 0.15) is 18.1 Å². The lowest BCUT2D eigenvalue weighted by Crippen LogP contribution is -2.23. The molecule has 0 saturated heterocycles. The molecule has 0 aliphatic carbocycles. The Hall–Kier alpha value is -1.67. The number of benzene rings is 2. The number of hydrogen-bond donors (Lipinski definition) is 1. The van der Waals surface area contributed by atoms with Gasteiger partial charge in [-0.3, -0.25) is 0 Å². The van der Waals surface area contributed by atoms with Gasteiger partial charge in [0.15, 0.2) is 0 Å². The highest BCUT2D eigenvalue weighted by Crippen LogP contribution is 2.25. The molecule has 0 unspecified atom stereocenters. The van der Waals surface area contributed by atoms with Crippen LogP contribution >= 0.6 is 11.6 Å². The maximum absolute atomic E-state index is 6.24. The van der Waals surface area contributed by atoms with Crippen molar-refractivity contribution in [1.29, 1.82) is 0 Å². The SMILES string of the molecule is CCN(Cc1cc(N)ccc1Cl)c1ccccc1C. The van der Waals surface area contributed by atoms with Gasteiger partial charge in [-0.1, -0.05) is 29.8 Å². The average Bonchev–Trinajstić information content (AvgIpc) is 2.41. The molecule has 0 bridgehead atoms. The predicted octanol–water partition coefficient (Wildman–Crippen LogP) is 4.26. The first kappa shape index (κ1) is 13.8. The Bertz CT molecular complexity index is 566. The highest BCUT2D eigenvalue weighted by Gasteiger charge is 2.10. The summed E-state index contributed by atoms with van der Waals surface area (Å²) in [4.78, 5) is 2.30.